The fourth-order valence-electron chi connectivity index (χ4n) is 1.77. The molecule has 0 aliphatic rings. The van der Waals surface area contributed by atoms with Crippen LogP contribution in [-0.2, 0) is 0 Å². The Morgan fingerprint density at radius 2 is 1.80 bits per heavy atom. The second-order valence-electron chi connectivity index (χ2n) is 4.24. The van der Waals surface area contributed by atoms with Crippen molar-refractivity contribution in [2.24, 2.45) is 4.99 Å². The molecule has 5 heteroatoms. The molecule has 0 heterocycles. The van der Waals surface area contributed by atoms with E-state index in [1.165, 1.54) is 12.1 Å². The van der Waals surface area contributed by atoms with Gasteiger partial charge in [0.2, 0.25) is 0 Å². The number of aliphatic imine (C=N–C) groups is 1. The van der Waals surface area contributed by atoms with Crippen LogP contribution in [0.25, 0.3) is 0 Å². The van der Waals surface area contributed by atoms with Crippen LogP contribution in [0.15, 0.2) is 59.6 Å². The van der Waals surface area contributed by atoms with Gasteiger partial charge in [0.05, 0.1) is 17.6 Å². The zero-order valence-electron chi connectivity index (χ0n) is 10.7. The van der Waals surface area contributed by atoms with Crippen molar-refractivity contribution < 1.29 is 10.0 Å². The highest BCUT2D eigenvalue weighted by Crippen LogP contribution is 2.16. The molecule has 0 fully saturated rings. The van der Waals surface area contributed by atoms with Gasteiger partial charge in [-0.25, -0.2) is 0 Å². The molecule has 0 amide bonds. The second kappa shape index (κ2) is 6.58. The summed E-state index contributed by atoms with van der Waals surface area (Å²) in [5.74, 6) is 0. The van der Waals surface area contributed by atoms with Crippen LogP contribution < -0.4 is 0 Å². The van der Waals surface area contributed by atoms with Gasteiger partial charge in [-0.2, -0.15) is 0 Å². The maximum atomic E-state index is 10.5. The molecule has 102 valence electrons. The first-order valence-electron chi connectivity index (χ1n) is 6.14. The number of nitrogens with zero attached hydrogens (tertiary/aromatic N) is 2. The van der Waals surface area contributed by atoms with Crippen molar-refractivity contribution in [2.45, 2.75) is 6.04 Å². The van der Waals surface area contributed by atoms with E-state index < -0.39 is 4.92 Å². The third kappa shape index (κ3) is 3.49. The van der Waals surface area contributed by atoms with Gasteiger partial charge in [0.15, 0.2) is 0 Å². The Bertz CT molecular complexity index is 594. The molecule has 0 aromatic heterocycles. The van der Waals surface area contributed by atoms with Crippen LogP contribution in [0.5, 0.6) is 0 Å². The fourth-order valence-corrected chi connectivity index (χ4v) is 1.77. The number of aliphatic hydroxyl groups is 1. The minimum absolute atomic E-state index is 0.0453. The minimum Gasteiger partial charge on any atom is -0.394 e. The summed E-state index contributed by atoms with van der Waals surface area (Å²) in [6.07, 6.45) is 1.61. The Morgan fingerprint density at radius 1 is 1.15 bits per heavy atom. The molecule has 5 nitrogen and oxygen atoms in total. The molecule has 0 unspecified atom stereocenters. The van der Waals surface area contributed by atoms with Gasteiger partial charge in [-0.15, -0.1) is 0 Å². The topological polar surface area (TPSA) is 75.7 Å². The molecule has 2 aromatic carbocycles. The number of nitro benzene ring substituents is 1. The zero-order valence-corrected chi connectivity index (χ0v) is 10.7. The van der Waals surface area contributed by atoms with E-state index in [1.54, 1.807) is 18.3 Å². The number of nitro groups is 1. The van der Waals surface area contributed by atoms with E-state index in [-0.39, 0.29) is 18.3 Å². The van der Waals surface area contributed by atoms with E-state index >= 15 is 0 Å². The monoisotopic (exact) mass is 270 g/mol. The smallest absolute Gasteiger partial charge is 0.269 e. The molecular weight excluding hydrogens is 256 g/mol. The predicted molar refractivity (Wildman–Crippen MR) is 77.0 cm³/mol. The highest BCUT2D eigenvalue weighted by atomic mass is 16.6. The summed E-state index contributed by atoms with van der Waals surface area (Å²) in [4.78, 5) is 14.4. The summed E-state index contributed by atoms with van der Waals surface area (Å²) in [5, 5.41) is 19.9. The molecule has 0 bridgehead atoms. The van der Waals surface area contributed by atoms with Gasteiger partial charge >= 0.3 is 0 Å². The Kier molecular flexibility index (Phi) is 4.57. The molecule has 0 spiro atoms. The Hall–Kier alpha value is -2.53. The number of rotatable bonds is 5. The summed E-state index contributed by atoms with van der Waals surface area (Å²) >= 11 is 0. The van der Waals surface area contributed by atoms with E-state index in [1.807, 2.05) is 30.3 Å². The van der Waals surface area contributed by atoms with Crippen molar-refractivity contribution in [3.8, 4) is 0 Å². The van der Waals surface area contributed by atoms with Crippen LogP contribution >= 0.6 is 0 Å². The van der Waals surface area contributed by atoms with E-state index in [9.17, 15) is 15.2 Å². The van der Waals surface area contributed by atoms with Crippen LogP contribution in [0.3, 0.4) is 0 Å². The largest absolute Gasteiger partial charge is 0.394 e. The van der Waals surface area contributed by atoms with Crippen LogP contribution in [0.2, 0.25) is 0 Å². The van der Waals surface area contributed by atoms with Crippen LogP contribution in [-0.4, -0.2) is 22.9 Å². The zero-order chi connectivity index (χ0) is 14.4. The van der Waals surface area contributed by atoms with Gasteiger partial charge < -0.3 is 5.11 Å². The Morgan fingerprint density at radius 3 is 2.35 bits per heavy atom. The summed E-state index contributed by atoms with van der Waals surface area (Å²) < 4.78 is 0. The summed E-state index contributed by atoms with van der Waals surface area (Å²) in [7, 11) is 0. The maximum Gasteiger partial charge on any atom is 0.269 e. The molecule has 1 N–H and O–H groups in total. The van der Waals surface area contributed by atoms with E-state index in [0.717, 1.165) is 11.1 Å². The van der Waals surface area contributed by atoms with Crippen LogP contribution in [0, 0.1) is 10.1 Å². The highest BCUT2D eigenvalue weighted by Gasteiger charge is 2.07. The lowest BCUT2D eigenvalue weighted by molar-refractivity contribution is -0.384. The quantitative estimate of drug-likeness (QED) is 0.515. The maximum absolute atomic E-state index is 10.5. The van der Waals surface area contributed by atoms with Crippen LogP contribution in [0.1, 0.15) is 17.2 Å². The van der Waals surface area contributed by atoms with Gasteiger partial charge in [-0.3, -0.25) is 15.1 Å². The molecule has 0 saturated carbocycles. The molecule has 20 heavy (non-hydrogen) atoms. The Balaban J connectivity index is 2.13. The third-order valence-corrected chi connectivity index (χ3v) is 2.86. The van der Waals surface area contributed by atoms with Crippen molar-refractivity contribution in [2.75, 3.05) is 6.61 Å². The predicted octanol–water partition coefficient (Wildman–Crippen LogP) is 2.75. The molecule has 0 aliphatic heterocycles. The number of benzene rings is 2. The normalized spacial score (nSPS) is 12.4. The molecule has 0 aliphatic carbocycles. The second-order valence-corrected chi connectivity index (χ2v) is 4.24. The summed E-state index contributed by atoms with van der Waals surface area (Å²) in [6.45, 7) is -0.0898. The van der Waals surface area contributed by atoms with E-state index in [0.29, 0.717) is 0 Å². The standard InChI is InChI=1S/C15H14N2O3/c18-11-15(13-4-2-1-3-5-13)16-10-12-6-8-14(9-7-12)17(19)20/h1-10,15,18H,11H2/t15-/m1/s1. The molecule has 0 radical (unpaired) electrons. The number of hydrogen-bond donors (Lipinski definition) is 1. The molecule has 1 atom stereocenters. The first kappa shape index (κ1) is 13.9. The number of aliphatic hydroxyl groups excluding tert-OH is 1. The molecule has 2 rings (SSSR count). The fraction of sp³-hybridized carbons (Fsp3) is 0.133. The van der Waals surface area contributed by atoms with Gasteiger partial charge in [-0.1, -0.05) is 30.3 Å². The molecule has 2 aromatic rings. The lowest BCUT2D eigenvalue weighted by Crippen LogP contribution is -2.01. The lowest BCUT2D eigenvalue weighted by atomic mass is 10.1. The first-order chi connectivity index (χ1) is 9.70. The average Bonchev–Trinajstić information content (AvgIpc) is 2.49. The van der Waals surface area contributed by atoms with Crippen molar-refractivity contribution >= 4 is 11.9 Å². The van der Waals surface area contributed by atoms with Crippen molar-refractivity contribution in [3.63, 3.8) is 0 Å². The van der Waals surface area contributed by atoms with Gasteiger partial charge in [0, 0.05) is 18.3 Å². The highest BCUT2D eigenvalue weighted by molar-refractivity contribution is 5.80. The molecule has 0 saturated heterocycles. The Labute approximate surface area is 116 Å². The first-order valence-corrected chi connectivity index (χ1v) is 6.14. The minimum atomic E-state index is -0.443. The third-order valence-electron chi connectivity index (χ3n) is 2.86. The van der Waals surface area contributed by atoms with Crippen molar-refractivity contribution in [3.05, 3.63) is 75.8 Å². The van der Waals surface area contributed by atoms with E-state index in [4.69, 9.17) is 0 Å². The van der Waals surface area contributed by atoms with E-state index in [2.05, 4.69) is 4.99 Å². The number of hydrogen-bond acceptors (Lipinski definition) is 4. The number of non-ortho nitro benzene ring substituents is 1. The van der Waals surface area contributed by atoms with Gasteiger partial charge in [0.25, 0.3) is 5.69 Å². The SMILES string of the molecule is O=[N+]([O-])c1ccc(C=N[C@H](CO)c2ccccc2)cc1. The van der Waals surface area contributed by atoms with Crippen molar-refractivity contribution in [1.82, 2.24) is 0 Å². The van der Waals surface area contributed by atoms with Gasteiger partial charge in [-0.05, 0) is 23.3 Å². The molecular formula is C15H14N2O3. The van der Waals surface area contributed by atoms with Crippen molar-refractivity contribution in [1.29, 1.82) is 0 Å². The van der Waals surface area contributed by atoms with Crippen LogP contribution in [0.4, 0.5) is 5.69 Å². The lowest BCUT2D eigenvalue weighted by Gasteiger charge is -2.08. The summed E-state index contributed by atoms with van der Waals surface area (Å²) in [5.41, 5.74) is 1.72. The van der Waals surface area contributed by atoms with Gasteiger partial charge in [0.1, 0.15) is 0 Å². The average molecular weight is 270 g/mol. The summed E-state index contributed by atoms with van der Waals surface area (Å²) in [6, 6.07) is 15.3.